The minimum Gasteiger partial charge on any atom is -0.377 e. The number of aromatic nitrogens is 3. The maximum atomic E-state index is 5.52. The van der Waals surface area contributed by atoms with Gasteiger partial charge in [0.25, 0.3) is 0 Å². The van der Waals surface area contributed by atoms with Gasteiger partial charge in [0, 0.05) is 26.7 Å². The zero-order valence-electron chi connectivity index (χ0n) is 12.2. The van der Waals surface area contributed by atoms with E-state index in [2.05, 4.69) is 32.7 Å². The number of hydrogen-bond donors (Lipinski definition) is 0. The Balaban J connectivity index is 1.72. The Morgan fingerprint density at radius 3 is 3.05 bits per heavy atom. The van der Waals surface area contributed by atoms with Crippen LogP contribution in [-0.2, 0) is 22.6 Å². The molecule has 0 unspecified atom stereocenters. The van der Waals surface area contributed by atoms with E-state index in [4.69, 9.17) is 9.47 Å². The molecule has 3 rings (SSSR count). The van der Waals surface area contributed by atoms with E-state index < -0.39 is 0 Å². The molecule has 0 spiro atoms. The summed E-state index contributed by atoms with van der Waals surface area (Å²) < 4.78 is 12.9. The van der Waals surface area contributed by atoms with Crippen LogP contribution in [0.2, 0.25) is 0 Å². The predicted octanol–water partition coefficient (Wildman–Crippen LogP) is 1.15. The Morgan fingerprint density at radius 2 is 2.30 bits per heavy atom. The molecule has 1 aromatic heterocycles. The third-order valence-corrected chi connectivity index (χ3v) is 4.05. The van der Waals surface area contributed by atoms with Crippen LogP contribution < -0.4 is 0 Å². The SMILES string of the molecule is COCc1nnc2n1CCN(CC1=CCCOC1)[C@H]2C. The fraction of sp³-hybridized carbons (Fsp3) is 0.714. The minimum absolute atomic E-state index is 0.282. The highest BCUT2D eigenvalue weighted by Gasteiger charge is 2.28. The lowest BCUT2D eigenvalue weighted by Gasteiger charge is -2.34. The standard InChI is InChI=1S/C14H22N4O2/c1-11-14-16-15-13(10-19-2)18(14)6-5-17(11)8-12-4-3-7-20-9-12/h4,11H,3,5-10H2,1-2H3/t11-/m0/s1. The zero-order valence-corrected chi connectivity index (χ0v) is 12.2. The lowest BCUT2D eigenvalue weighted by atomic mass is 10.1. The maximum Gasteiger partial charge on any atom is 0.159 e. The molecule has 6 nitrogen and oxygen atoms in total. The first kappa shape index (κ1) is 13.7. The van der Waals surface area contributed by atoms with Crippen molar-refractivity contribution < 1.29 is 9.47 Å². The van der Waals surface area contributed by atoms with Gasteiger partial charge < -0.3 is 14.0 Å². The summed E-state index contributed by atoms with van der Waals surface area (Å²) in [7, 11) is 1.69. The van der Waals surface area contributed by atoms with Gasteiger partial charge in [0.2, 0.25) is 0 Å². The molecule has 20 heavy (non-hydrogen) atoms. The van der Waals surface area contributed by atoms with Crippen molar-refractivity contribution in [3.63, 3.8) is 0 Å². The van der Waals surface area contributed by atoms with Gasteiger partial charge in [0.1, 0.15) is 12.4 Å². The smallest absolute Gasteiger partial charge is 0.159 e. The van der Waals surface area contributed by atoms with Gasteiger partial charge in [0.15, 0.2) is 5.82 Å². The van der Waals surface area contributed by atoms with Crippen LogP contribution in [0.1, 0.15) is 31.0 Å². The minimum atomic E-state index is 0.282. The van der Waals surface area contributed by atoms with Crippen molar-refractivity contribution in [2.24, 2.45) is 0 Å². The van der Waals surface area contributed by atoms with Gasteiger partial charge in [0.05, 0.1) is 19.3 Å². The first-order valence-corrected chi connectivity index (χ1v) is 7.20. The molecule has 0 radical (unpaired) electrons. The van der Waals surface area contributed by atoms with Crippen molar-refractivity contribution in [2.45, 2.75) is 32.5 Å². The average Bonchev–Trinajstić information content (AvgIpc) is 2.88. The van der Waals surface area contributed by atoms with E-state index in [-0.39, 0.29) is 6.04 Å². The molecule has 0 aromatic carbocycles. The molecule has 0 saturated heterocycles. The molecule has 110 valence electrons. The Morgan fingerprint density at radius 1 is 1.40 bits per heavy atom. The highest BCUT2D eigenvalue weighted by Crippen LogP contribution is 2.25. The number of rotatable bonds is 4. The molecule has 3 heterocycles. The van der Waals surface area contributed by atoms with Crippen LogP contribution in [0.5, 0.6) is 0 Å². The topological polar surface area (TPSA) is 52.4 Å². The Kier molecular flexibility index (Phi) is 4.14. The van der Waals surface area contributed by atoms with Crippen LogP contribution in [-0.4, -0.2) is 53.1 Å². The Hall–Kier alpha value is -1.24. The van der Waals surface area contributed by atoms with Crippen LogP contribution in [0.4, 0.5) is 0 Å². The fourth-order valence-electron chi connectivity index (χ4n) is 2.92. The first-order valence-electron chi connectivity index (χ1n) is 7.20. The van der Waals surface area contributed by atoms with Gasteiger partial charge in [-0.2, -0.15) is 0 Å². The molecule has 1 aromatic rings. The van der Waals surface area contributed by atoms with E-state index in [0.717, 1.165) is 50.9 Å². The summed E-state index contributed by atoms with van der Waals surface area (Å²) in [5.41, 5.74) is 1.38. The molecule has 0 fully saturated rings. The number of nitrogens with zero attached hydrogens (tertiary/aromatic N) is 4. The molecule has 0 N–H and O–H groups in total. The molecule has 1 atom stereocenters. The third kappa shape index (κ3) is 2.63. The van der Waals surface area contributed by atoms with Crippen LogP contribution in [0, 0.1) is 0 Å². The number of methoxy groups -OCH3 is 1. The molecular formula is C14H22N4O2. The molecule has 6 heteroatoms. The second-order valence-electron chi connectivity index (χ2n) is 5.41. The van der Waals surface area contributed by atoms with Crippen molar-refractivity contribution in [1.29, 1.82) is 0 Å². The Bertz CT molecular complexity index is 497. The van der Waals surface area contributed by atoms with Crippen molar-refractivity contribution >= 4 is 0 Å². The van der Waals surface area contributed by atoms with Gasteiger partial charge in [-0.1, -0.05) is 6.08 Å². The van der Waals surface area contributed by atoms with Crippen molar-refractivity contribution in [3.05, 3.63) is 23.3 Å². The highest BCUT2D eigenvalue weighted by molar-refractivity contribution is 5.11. The van der Waals surface area contributed by atoms with Gasteiger partial charge in [-0.3, -0.25) is 4.90 Å². The van der Waals surface area contributed by atoms with E-state index in [1.807, 2.05) is 0 Å². The second-order valence-corrected chi connectivity index (χ2v) is 5.41. The quantitative estimate of drug-likeness (QED) is 0.773. The summed E-state index contributed by atoms with van der Waals surface area (Å²) in [5.74, 6) is 1.97. The van der Waals surface area contributed by atoms with Gasteiger partial charge in [-0.15, -0.1) is 10.2 Å². The van der Waals surface area contributed by atoms with E-state index in [9.17, 15) is 0 Å². The molecule has 2 aliphatic rings. The molecule has 2 aliphatic heterocycles. The molecule has 0 bridgehead atoms. The summed E-state index contributed by atoms with van der Waals surface area (Å²) in [4.78, 5) is 2.45. The lowest BCUT2D eigenvalue weighted by Crippen LogP contribution is -2.39. The fourth-order valence-corrected chi connectivity index (χ4v) is 2.92. The second kappa shape index (κ2) is 6.03. The molecular weight excluding hydrogens is 256 g/mol. The third-order valence-electron chi connectivity index (χ3n) is 4.05. The summed E-state index contributed by atoms with van der Waals surface area (Å²) in [6, 6.07) is 0.282. The van der Waals surface area contributed by atoms with Crippen LogP contribution >= 0.6 is 0 Å². The number of ether oxygens (including phenoxy) is 2. The van der Waals surface area contributed by atoms with E-state index in [1.165, 1.54) is 5.57 Å². The van der Waals surface area contributed by atoms with E-state index in [0.29, 0.717) is 6.61 Å². The molecule has 0 amide bonds. The lowest BCUT2D eigenvalue weighted by molar-refractivity contribution is 0.125. The molecule has 0 aliphatic carbocycles. The van der Waals surface area contributed by atoms with Gasteiger partial charge in [-0.05, 0) is 18.9 Å². The summed E-state index contributed by atoms with van der Waals surface area (Å²) >= 11 is 0. The molecule has 0 saturated carbocycles. The largest absolute Gasteiger partial charge is 0.377 e. The summed E-state index contributed by atoms with van der Waals surface area (Å²) in [6.07, 6.45) is 3.34. The maximum absolute atomic E-state index is 5.52. The zero-order chi connectivity index (χ0) is 13.9. The summed E-state index contributed by atoms with van der Waals surface area (Å²) in [6.45, 7) is 7.26. The van der Waals surface area contributed by atoms with Crippen LogP contribution in [0.15, 0.2) is 11.6 Å². The van der Waals surface area contributed by atoms with Gasteiger partial charge in [-0.25, -0.2) is 0 Å². The van der Waals surface area contributed by atoms with E-state index in [1.54, 1.807) is 7.11 Å². The monoisotopic (exact) mass is 278 g/mol. The predicted molar refractivity (Wildman–Crippen MR) is 74.2 cm³/mol. The van der Waals surface area contributed by atoms with Crippen molar-refractivity contribution in [3.8, 4) is 0 Å². The van der Waals surface area contributed by atoms with Crippen LogP contribution in [0.3, 0.4) is 0 Å². The Labute approximate surface area is 119 Å². The first-order chi connectivity index (χ1) is 9.79. The average molecular weight is 278 g/mol. The van der Waals surface area contributed by atoms with Crippen molar-refractivity contribution in [2.75, 3.05) is 33.4 Å². The van der Waals surface area contributed by atoms with Crippen molar-refractivity contribution in [1.82, 2.24) is 19.7 Å². The highest BCUT2D eigenvalue weighted by atomic mass is 16.5. The normalized spacial score (nSPS) is 23.5. The van der Waals surface area contributed by atoms with Gasteiger partial charge >= 0.3 is 0 Å². The number of fused-ring (bicyclic) bond motifs is 1. The number of hydrogen-bond acceptors (Lipinski definition) is 5. The summed E-state index contributed by atoms with van der Waals surface area (Å²) in [5, 5.41) is 8.58. The van der Waals surface area contributed by atoms with Crippen LogP contribution in [0.25, 0.3) is 0 Å². The van der Waals surface area contributed by atoms with E-state index >= 15 is 0 Å².